The number of thioether (sulfide) groups is 1. The highest BCUT2D eigenvalue weighted by molar-refractivity contribution is 8.01. The minimum absolute atomic E-state index is 0.132. The van der Waals surface area contributed by atoms with Crippen LogP contribution in [0.4, 0.5) is 10.8 Å². The molecule has 0 bridgehead atoms. The lowest BCUT2D eigenvalue weighted by molar-refractivity contribution is -0.113. The van der Waals surface area contributed by atoms with E-state index in [9.17, 15) is 14.4 Å². The molecule has 0 fully saturated rings. The van der Waals surface area contributed by atoms with Crippen LogP contribution in [0.3, 0.4) is 0 Å². The van der Waals surface area contributed by atoms with Crippen LogP contribution in [0.2, 0.25) is 0 Å². The van der Waals surface area contributed by atoms with Crippen molar-refractivity contribution >= 4 is 63.0 Å². The van der Waals surface area contributed by atoms with Gasteiger partial charge < -0.3 is 10.1 Å². The van der Waals surface area contributed by atoms with Gasteiger partial charge in [-0.3, -0.25) is 14.9 Å². The molecule has 2 aromatic heterocycles. The van der Waals surface area contributed by atoms with E-state index >= 15 is 0 Å². The van der Waals surface area contributed by atoms with E-state index in [4.69, 9.17) is 4.74 Å². The van der Waals surface area contributed by atoms with Crippen molar-refractivity contribution in [2.24, 2.45) is 0 Å². The molecule has 0 unspecified atom stereocenters. The maximum atomic E-state index is 12.1. The van der Waals surface area contributed by atoms with Crippen LogP contribution in [-0.2, 0) is 9.53 Å². The van der Waals surface area contributed by atoms with Gasteiger partial charge in [0.1, 0.15) is 0 Å². The Balaban J connectivity index is 1.46. The maximum Gasteiger partial charge on any atom is 0.338 e. The quantitative estimate of drug-likeness (QED) is 0.307. The molecule has 0 aliphatic carbocycles. The number of rotatable bonds is 8. The van der Waals surface area contributed by atoms with Gasteiger partial charge in [-0.1, -0.05) is 29.2 Å². The third kappa shape index (κ3) is 6.11. The van der Waals surface area contributed by atoms with Crippen LogP contribution >= 0.6 is 34.4 Å². The maximum absolute atomic E-state index is 12.1. The predicted octanol–water partition coefficient (Wildman–Crippen LogP) is 3.76. The van der Waals surface area contributed by atoms with E-state index in [-0.39, 0.29) is 17.6 Å². The number of benzene rings is 1. The molecule has 0 spiro atoms. The number of ether oxygens (including phenoxy) is 1. The highest BCUT2D eigenvalue weighted by Crippen LogP contribution is 2.26. The number of hydrogen-bond donors (Lipinski definition) is 2. The summed E-state index contributed by atoms with van der Waals surface area (Å²) < 4.78 is 5.49. The van der Waals surface area contributed by atoms with Crippen molar-refractivity contribution in [1.29, 1.82) is 0 Å². The fourth-order valence-corrected chi connectivity index (χ4v) is 4.28. The Bertz CT molecular complexity index is 987. The van der Waals surface area contributed by atoms with Gasteiger partial charge in [-0.15, -0.1) is 21.5 Å². The standard InChI is InChI=1S/C18H16N4O4S3/c1-2-26-16(25)11-5-7-12(8-6-11)19-14(23)10-28-18-22-21-17(29-18)20-15(24)13-4-3-9-27-13/h3-9H,2,10H2,1H3,(H,19,23)(H,20,21,24). The Morgan fingerprint density at radius 3 is 2.59 bits per heavy atom. The topological polar surface area (TPSA) is 110 Å². The van der Waals surface area contributed by atoms with Crippen LogP contribution in [-0.4, -0.2) is 40.3 Å². The fraction of sp³-hybridized carbons (Fsp3) is 0.167. The number of esters is 1. The van der Waals surface area contributed by atoms with E-state index in [0.717, 1.165) is 0 Å². The Hall–Kier alpha value is -2.76. The molecule has 150 valence electrons. The number of aromatic nitrogens is 2. The molecule has 0 aliphatic heterocycles. The molecule has 29 heavy (non-hydrogen) atoms. The van der Waals surface area contributed by atoms with E-state index < -0.39 is 5.97 Å². The lowest BCUT2D eigenvalue weighted by atomic mass is 10.2. The van der Waals surface area contributed by atoms with Gasteiger partial charge in [0.05, 0.1) is 22.8 Å². The first-order chi connectivity index (χ1) is 14.0. The van der Waals surface area contributed by atoms with Gasteiger partial charge in [0, 0.05) is 5.69 Å². The number of thiophene rings is 1. The average molecular weight is 449 g/mol. The van der Waals surface area contributed by atoms with E-state index in [1.54, 1.807) is 43.3 Å². The van der Waals surface area contributed by atoms with Gasteiger partial charge in [-0.05, 0) is 42.6 Å². The second-order valence-electron chi connectivity index (χ2n) is 5.44. The number of nitrogens with zero attached hydrogens (tertiary/aromatic N) is 2. The lowest BCUT2D eigenvalue weighted by Crippen LogP contribution is -2.14. The first-order valence-electron chi connectivity index (χ1n) is 8.43. The van der Waals surface area contributed by atoms with Gasteiger partial charge in [0.25, 0.3) is 5.91 Å². The Labute approximate surface area is 178 Å². The molecular weight excluding hydrogens is 432 g/mol. The van der Waals surface area contributed by atoms with Crippen molar-refractivity contribution in [1.82, 2.24) is 10.2 Å². The molecule has 0 aliphatic rings. The highest BCUT2D eigenvalue weighted by Gasteiger charge is 2.13. The molecule has 3 aromatic rings. The Kier molecular flexibility index (Phi) is 7.33. The minimum atomic E-state index is -0.404. The molecule has 2 amide bonds. The molecule has 0 saturated carbocycles. The first-order valence-corrected chi connectivity index (χ1v) is 11.1. The molecule has 0 saturated heterocycles. The molecular formula is C18H16N4O4S3. The third-order valence-electron chi connectivity index (χ3n) is 3.38. The largest absolute Gasteiger partial charge is 0.462 e. The SMILES string of the molecule is CCOC(=O)c1ccc(NC(=O)CSc2nnc(NC(=O)c3cccs3)s2)cc1. The van der Waals surface area contributed by atoms with Crippen LogP contribution in [0.15, 0.2) is 46.1 Å². The van der Waals surface area contributed by atoms with Crippen molar-refractivity contribution in [2.75, 3.05) is 23.0 Å². The first kappa shape index (κ1) is 21.0. The fourth-order valence-electron chi connectivity index (χ4n) is 2.11. The number of amides is 2. The number of carbonyl (C=O) groups excluding carboxylic acids is 3. The monoisotopic (exact) mass is 448 g/mol. The normalized spacial score (nSPS) is 10.4. The second kappa shape index (κ2) is 10.1. The van der Waals surface area contributed by atoms with E-state index in [1.807, 2.05) is 5.38 Å². The molecule has 2 heterocycles. The van der Waals surface area contributed by atoms with E-state index in [1.165, 1.54) is 34.4 Å². The van der Waals surface area contributed by atoms with E-state index in [0.29, 0.717) is 32.2 Å². The Morgan fingerprint density at radius 2 is 1.90 bits per heavy atom. The zero-order chi connectivity index (χ0) is 20.6. The molecule has 3 rings (SSSR count). The molecule has 0 radical (unpaired) electrons. The third-order valence-corrected chi connectivity index (χ3v) is 6.22. The summed E-state index contributed by atoms with van der Waals surface area (Å²) in [6.45, 7) is 2.04. The zero-order valence-electron chi connectivity index (χ0n) is 15.2. The van der Waals surface area contributed by atoms with Crippen molar-refractivity contribution < 1.29 is 19.1 Å². The zero-order valence-corrected chi connectivity index (χ0v) is 17.7. The van der Waals surface area contributed by atoms with Crippen molar-refractivity contribution in [3.63, 3.8) is 0 Å². The number of carbonyl (C=O) groups is 3. The van der Waals surface area contributed by atoms with E-state index in [2.05, 4.69) is 20.8 Å². The Morgan fingerprint density at radius 1 is 1.10 bits per heavy atom. The summed E-state index contributed by atoms with van der Waals surface area (Å²) in [5.74, 6) is -0.734. The van der Waals surface area contributed by atoms with Gasteiger partial charge in [-0.25, -0.2) is 4.79 Å². The molecule has 1 aromatic carbocycles. The van der Waals surface area contributed by atoms with Gasteiger partial charge in [0.15, 0.2) is 4.34 Å². The van der Waals surface area contributed by atoms with Crippen LogP contribution in [0.1, 0.15) is 27.0 Å². The van der Waals surface area contributed by atoms with Crippen molar-refractivity contribution in [3.8, 4) is 0 Å². The number of anilines is 2. The van der Waals surface area contributed by atoms with Crippen molar-refractivity contribution in [3.05, 3.63) is 52.2 Å². The average Bonchev–Trinajstić information content (AvgIpc) is 3.39. The summed E-state index contributed by atoms with van der Waals surface area (Å²) in [7, 11) is 0. The summed E-state index contributed by atoms with van der Waals surface area (Å²) in [5, 5.41) is 15.5. The molecule has 0 atom stereocenters. The predicted molar refractivity (Wildman–Crippen MR) is 114 cm³/mol. The number of nitrogens with one attached hydrogen (secondary N) is 2. The number of hydrogen-bond acceptors (Lipinski definition) is 9. The smallest absolute Gasteiger partial charge is 0.338 e. The second-order valence-corrected chi connectivity index (χ2v) is 8.59. The molecule has 11 heteroatoms. The van der Waals surface area contributed by atoms with Gasteiger partial charge >= 0.3 is 5.97 Å². The van der Waals surface area contributed by atoms with Gasteiger partial charge in [0.2, 0.25) is 11.0 Å². The minimum Gasteiger partial charge on any atom is -0.462 e. The summed E-state index contributed by atoms with van der Waals surface area (Å²) >= 11 is 3.75. The van der Waals surface area contributed by atoms with Crippen LogP contribution in [0.5, 0.6) is 0 Å². The molecule has 8 nitrogen and oxygen atoms in total. The van der Waals surface area contributed by atoms with Crippen LogP contribution in [0, 0.1) is 0 Å². The summed E-state index contributed by atoms with van der Waals surface area (Å²) in [6, 6.07) is 9.97. The highest BCUT2D eigenvalue weighted by atomic mass is 32.2. The summed E-state index contributed by atoms with van der Waals surface area (Å²) in [5.41, 5.74) is 0.995. The van der Waals surface area contributed by atoms with Crippen LogP contribution < -0.4 is 10.6 Å². The lowest BCUT2D eigenvalue weighted by Gasteiger charge is -2.05. The summed E-state index contributed by atoms with van der Waals surface area (Å²) in [4.78, 5) is 36.3. The van der Waals surface area contributed by atoms with Gasteiger partial charge in [-0.2, -0.15) is 0 Å². The summed E-state index contributed by atoms with van der Waals surface area (Å²) in [6.07, 6.45) is 0. The molecule has 2 N–H and O–H groups in total. The van der Waals surface area contributed by atoms with Crippen molar-refractivity contribution in [2.45, 2.75) is 11.3 Å². The van der Waals surface area contributed by atoms with Crippen LogP contribution in [0.25, 0.3) is 0 Å².